The lowest BCUT2D eigenvalue weighted by atomic mass is 9.93. The van der Waals surface area contributed by atoms with Gasteiger partial charge in [0.2, 0.25) is 0 Å². The lowest BCUT2D eigenvalue weighted by Gasteiger charge is -2.17. The Bertz CT molecular complexity index is 510. The molecule has 1 aromatic carbocycles. The van der Waals surface area contributed by atoms with Crippen molar-refractivity contribution in [2.24, 2.45) is 5.92 Å². The maximum atomic E-state index is 4.24. The summed E-state index contributed by atoms with van der Waals surface area (Å²) in [4.78, 5) is 4.24. The van der Waals surface area contributed by atoms with Crippen LogP contribution in [0.4, 0.5) is 0 Å². The van der Waals surface area contributed by atoms with Gasteiger partial charge in [0.05, 0.1) is 0 Å². The zero-order valence-corrected chi connectivity index (χ0v) is 14.6. The van der Waals surface area contributed by atoms with Crippen molar-refractivity contribution in [2.45, 2.75) is 12.8 Å². The minimum atomic E-state index is 0.561. The van der Waals surface area contributed by atoms with Gasteiger partial charge < -0.3 is 5.32 Å². The highest BCUT2D eigenvalue weighted by atomic mass is 79.9. The second-order valence-corrected chi connectivity index (χ2v) is 6.80. The van der Waals surface area contributed by atoms with E-state index in [1.54, 1.807) is 0 Å². The third kappa shape index (κ3) is 5.00. The Morgan fingerprint density at radius 1 is 1.05 bits per heavy atom. The van der Waals surface area contributed by atoms with Gasteiger partial charge in [0, 0.05) is 21.3 Å². The fourth-order valence-corrected chi connectivity index (χ4v) is 3.26. The molecule has 0 amide bonds. The Labute approximate surface area is 137 Å². The molecular weight excluding hydrogens is 380 g/mol. The first-order valence-electron chi connectivity index (χ1n) is 6.66. The van der Waals surface area contributed by atoms with Crippen LogP contribution in [0.1, 0.15) is 11.1 Å². The maximum Gasteiger partial charge on any atom is 0.0410 e. The van der Waals surface area contributed by atoms with Crippen LogP contribution in [0, 0.1) is 5.92 Å². The van der Waals surface area contributed by atoms with E-state index >= 15 is 0 Å². The summed E-state index contributed by atoms with van der Waals surface area (Å²) in [5.74, 6) is 0.561. The van der Waals surface area contributed by atoms with E-state index in [4.69, 9.17) is 0 Å². The van der Waals surface area contributed by atoms with Crippen LogP contribution >= 0.6 is 31.9 Å². The van der Waals surface area contributed by atoms with Gasteiger partial charge in [0.25, 0.3) is 0 Å². The molecule has 4 heteroatoms. The molecular formula is C16H18Br2N2. The molecule has 0 aliphatic rings. The van der Waals surface area contributed by atoms with E-state index < -0.39 is 0 Å². The van der Waals surface area contributed by atoms with Crippen LogP contribution in [0.15, 0.2) is 51.7 Å². The number of nitrogens with one attached hydrogen (secondary N) is 1. The number of halogens is 2. The summed E-state index contributed by atoms with van der Waals surface area (Å²) < 4.78 is 2.18. The first kappa shape index (κ1) is 15.7. The molecule has 1 N–H and O–H groups in total. The number of pyridine rings is 1. The summed E-state index contributed by atoms with van der Waals surface area (Å²) in [6.45, 7) is 0.999. The number of aromatic nitrogens is 1. The van der Waals surface area contributed by atoms with Crippen LogP contribution in [0.25, 0.3) is 0 Å². The smallest absolute Gasteiger partial charge is 0.0410 e. The van der Waals surface area contributed by atoms with Gasteiger partial charge in [-0.15, -0.1) is 0 Å². The Balaban J connectivity index is 2.07. The molecule has 0 aliphatic carbocycles. The van der Waals surface area contributed by atoms with Crippen molar-refractivity contribution in [1.29, 1.82) is 0 Å². The second-order valence-electron chi connectivity index (χ2n) is 4.97. The first-order chi connectivity index (χ1) is 9.67. The molecule has 1 atom stereocenters. The van der Waals surface area contributed by atoms with E-state index in [0.29, 0.717) is 5.92 Å². The molecule has 0 aliphatic heterocycles. The molecule has 1 unspecified atom stereocenters. The molecule has 2 nitrogen and oxygen atoms in total. The van der Waals surface area contributed by atoms with Crippen LogP contribution in [0.2, 0.25) is 0 Å². The van der Waals surface area contributed by atoms with Crippen LogP contribution in [-0.2, 0) is 12.8 Å². The monoisotopic (exact) mass is 396 g/mol. The summed E-state index contributed by atoms with van der Waals surface area (Å²) in [6, 6.07) is 10.7. The van der Waals surface area contributed by atoms with E-state index in [1.807, 2.05) is 19.4 Å². The molecule has 0 saturated heterocycles. The standard InChI is InChI=1S/C16H18Br2N2/c1-19-9-13(5-12-3-2-4-15(17)7-12)6-14-8-16(18)11-20-10-14/h2-4,7-8,10-11,13,19H,5-6,9H2,1H3. The lowest BCUT2D eigenvalue weighted by Crippen LogP contribution is -2.22. The summed E-state index contributed by atoms with van der Waals surface area (Å²) in [5, 5.41) is 3.29. The van der Waals surface area contributed by atoms with Crippen molar-refractivity contribution in [2.75, 3.05) is 13.6 Å². The molecule has 1 heterocycles. The van der Waals surface area contributed by atoms with Crippen LogP contribution in [-0.4, -0.2) is 18.6 Å². The average Bonchev–Trinajstić information content (AvgIpc) is 2.39. The zero-order chi connectivity index (χ0) is 14.4. The van der Waals surface area contributed by atoms with Crippen molar-refractivity contribution in [1.82, 2.24) is 10.3 Å². The number of hydrogen-bond acceptors (Lipinski definition) is 2. The second kappa shape index (κ2) is 7.91. The molecule has 106 valence electrons. The average molecular weight is 398 g/mol. The van der Waals surface area contributed by atoms with E-state index in [9.17, 15) is 0 Å². The Morgan fingerprint density at radius 2 is 1.80 bits per heavy atom. The van der Waals surface area contributed by atoms with Crippen LogP contribution in [0.5, 0.6) is 0 Å². The minimum Gasteiger partial charge on any atom is -0.319 e. The van der Waals surface area contributed by atoms with Crippen molar-refractivity contribution in [3.05, 3.63) is 62.8 Å². The third-order valence-electron chi connectivity index (χ3n) is 3.19. The van der Waals surface area contributed by atoms with E-state index in [-0.39, 0.29) is 0 Å². The van der Waals surface area contributed by atoms with Gasteiger partial charge in [-0.05, 0) is 77.6 Å². The van der Waals surface area contributed by atoms with Gasteiger partial charge in [0.1, 0.15) is 0 Å². The zero-order valence-electron chi connectivity index (χ0n) is 11.4. The number of benzene rings is 1. The number of rotatable bonds is 6. The number of nitrogens with zero attached hydrogens (tertiary/aromatic N) is 1. The molecule has 0 saturated carbocycles. The molecule has 0 fully saturated rings. The first-order valence-corrected chi connectivity index (χ1v) is 8.24. The maximum absolute atomic E-state index is 4.24. The van der Waals surface area contributed by atoms with Gasteiger partial charge >= 0.3 is 0 Å². The van der Waals surface area contributed by atoms with Crippen molar-refractivity contribution in [3.63, 3.8) is 0 Å². The molecule has 20 heavy (non-hydrogen) atoms. The van der Waals surface area contributed by atoms with Crippen molar-refractivity contribution in [3.8, 4) is 0 Å². The predicted molar refractivity (Wildman–Crippen MR) is 90.9 cm³/mol. The van der Waals surface area contributed by atoms with Gasteiger partial charge in [-0.25, -0.2) is 0 Å². The highest BCUT2D eigenvalue weighted by molar-refractivity contribution is 9.10. The van der Waals surface area contributed by atoms with Crippen molar-refractivity contribution >= 4 is 31.9 Å². The fraction of sp³-hybridized carbons (Fsp3) is 0.312. The summed E-state index contributed by atoms with van der Waals surface area (Å²) in [6.07, 6.45) is 5.87. The van der Waals surface area contributed by atoms with E-state index in [0.717, 1.165) is 28.3 Å². The molecule has 0 radical (unpaired) electrons. The summed E-state index contributed by atoms with van der Waals surface area (Å²) in [7, 11) is 2.01. The normalized spacial score (nSPS) is 12.3. The fourth-order valence-electron chi connectivity index (χ4n) is 2.40. The van der Waals surface area contributed by atoms with Crippen molar-refractivity contribution < 1.29 is 0 Å². The largest absolute Gasteiger partial charge is 0.319 e. The predicted octanol–water partition coefficient (Wildman–Crippen LogP) is 4.23. The topological polar surface area (TPSA) is 24.9 Å². The van der Waals surface area contributed by atoms with Gasteiger partial charge in [-0.1, -0.05) is 28.1 Å². The van der Waals surface area contributed by atoms with E-state index in [2.05, 4.69) is 72.5 Å². The SMILES string of the molecule is CNCC(Cc1cccc(Br)c1)Cc1cncc(Br)c1. The Kier molecular flexibility index (Phi) is 6.20. The van der Waals surface area contributed by atoms with Crippen LogP contribution < -0.4 is 5.32 Å². The lowest BCUT2D eigenvalue weighted by molar-refractivity contribution is 0.492. The molecule has 2 rings (SSSR count). The summed E-state index contributed by atoms with van der Waals surface area (Å²) in [5.41, 5.74) is 2.64. The third-order valence-corrected chi connectivity index (χ3v) is 4.12. The van der Waals surface area contributed by atoms with Gasteiger partial charge in [0.15, 0.2) is 0 Å². The Morgan fingerprint density at radius 3 is 2.50 bits per heavy atom. The Hall–Kier alpha value is -0.710. The quantitative estimate of drug-likeness (QED) is 0.788. The molecule has 0 spiro atoms. The minimum absolute atomic E-state index is 0.561. The van der Waals surface area contributed by atoms with Crippen LogP contribution in [0.3, 0.4) is 0 Å². The van der Waals surface area contributed by atoms with Gasteiger partial charge in [-0.2, -0.15) is 0 Å². The highest BCUT2D eigenvalue weighted by Gasteiger charge is 2.11. The molecule has 2 aromatic rings. The molecule has 1 aromatic heterocycles. The number of hydrogen-bond donors (Lipinski definition) is 1. The van der Waals surface area contributed by atoms with Gasteiger partial charge in [-0.3, -0.25) is 4.98 Å². The van der Waals surface area contributed by atoms with E-state index in [1.165, 1.54) is 11.1 Å². The molecule has 0 bridgehead atoms. The highest BCUT2D eigenvalue weighted by Crippen LogP contribution is 2.19. The summed E-state index contributed by atoms with van der Waals surface area (Å²) >= 11 is 7.02.